The van der Waals surface area contributed by atoms with E-state index in [9.17, 15) is 25.2 Å². The van der Waals surface area contributed by atoms with Gasteiger partial charge in [0.2, 0.25) is 0 Å². The average Bonchev–Trinajstić information content (AvgIpc) is 3.73. The van der Waals surface area contributed by atoms with Crippen LogP contribution in [0.3, 0.4) is 0 Å². The summed E-state index contributed by atoms with van der Waals surface area (Å²) in [5, 5.41) is 42.6. The molecule has 1 aromatic carbocycles. The lowest BCUT2D eigenvalue weighted by atomic mass is 9.55. The molecule has 266 valence electrons. The average molecular weight is 678 g/mol. The molecule has 3 aromatic rings. The van der Waals surface area contributed by atoms with Crippen molar-refractivity contribution in [3.63, 3.8) is 0 Å². The van der Waals surface area contributed by atoms with E-state index in [1.165, 1.54) is 28.3 Å². The largest absolute Gasteiger partial charge is 0.508 e. The molecule has 0 spiro atoms. The highest BCUT2D eigenvalue weighted by Gasteiger charge is 2.57. The van der Waals surface area contributed by atoms with Crippen LogP contribution in [0.15, 0.2) is 30.9 Å². The van der Waals surface area contributed by atoms with Gasteiger partial charge in [-0.25, -0.2) is 15.0 Å². The zero-order valence-corrected chi connectivity index (χ0v) is 28.4. The number of nitrogens with zero attached hydrogens (tertiary/aromatic N) is 4. The van der Waals surface area contributed by atoms with Gasteiger partial charge in [-0.05, 0) is 97.3 Å². The van der Waals surface area contributed by atoms with Crippen LogP contribution >= 0.6 is 0 Å². The number of aliphatic hydroxyl groups is 3. The molecule has 1 aliphatic heterocycles. The van der Waals surface area contributed by atoms with Crippen LogP contribution in [-0.2, 0) is 20.7 Å². The van der Waals surface area contributed by atoms with Crippen LogP contribution in [-0.4, -0.2) is 76.9 Å². The number of anilines is 1. The van der Waals surface area contributed by atoms with E-state index in [0.717, 1.165) is 77.0 Å². The van der Waals surface area contributed by atoms with E-state index < -0.39 is 24.5 Å². The third kappa shape index (κ3) is 6.53. The van der Waals surface area contributed by atoms with Crippen LogP contribution in [0.25, 0.3) is 11.2 Å². The number of carbonyl (C=O) groups is 1. The highest BCUT2D eigenvalue weighted by Crippen LogP contribution is 2.62. The second-order valence-corrected chi connectivity index (χ2v) is 15.3. The van der Waals surface area contributed by atoms with Gasteiger partial charge in [-0.1, -0.05) is 45.1 Å². The minimum absolute atomic E-state index is 0.0116. The van der Waals surface area contributed by atoms with Gasteiger partial charge < -0.3 is 35.6 Å². The number of aromatic nitrogens is 4. The molecular weight excluding hydrogens is 626 g/mol. The predicted molar refractivity (Wildman–Crippen MR) is 181 cm³/mol. The van der Waals surface area contributed by atoms with Gasteiger partial charge in [0.25, 0.3) is 0 Å². The summed E-state index contributed by atoms with van der Waals surface area (Å²) in [4.78, 5) is 24.7. The van der Waals surface area contributed by atoms with Crippen molar-refractivity contribution >= 4 is 23.0 Å². The third-order valence-electron chi connectivity index (χ3n) is 12.4. The van der Waals surface area contributed by atoms with Crippen LogP contribution in [0.2, 0.25) is 0 Å². The number of carbonyl (C=O) groups excluding carboxylic acids is 1. The van der Waals surface area contributed by atoms with Crippen LogP contribution in [0, 0.1) is 23.2 Å². The van der Waals surface area contributed by atoms with Gasteiger partial charge >= 0.3 is 5.97 Å². The summed E-state index contributed by atoms with van der Waals surface area (Å²) >= 11 is 0. The Kier molecular flexibility index (Phi) is 9.84. The number of imidazole rings is 1. The predicted octanol–water partition coefficient (Wildman–Crippen LogP) is 4.54. The van der Waals surface area contributed by atoms with Crippen LogP contribution < -0.4 is 5.73 Å². The van der Waals surface area contributed by atoms with E-state index in [4.69, 9.17) is 15.2 Å². The maximum atomic E-state index is 12.4. The Morgan fingerprint density at radius 3 is 2.69 bits per heavy atom. The number of nitrogens with two attached hydrogens (primary N) is 1. The zero-order chi connectivity index (χ0) is 34.3. The van der Waals surface area contributed by atoms with E-state index >= 15 is 0 Å². The molecule has 4 aliphatic rings. The minimum atomic E-state index is -1.26. The molecule has 1 saturated heterocycles. The van der Waals surface area contributed by atoms with E-state index in [1.54, 1.807) is 0 Å². The summed E-state index contributed by atoms with van der Waals surface area (Å²) < 4.78 is 12.7. The van der Waals surface area contributed by atoms with Crippen molar-refractivity contribution in [2.24, 2.45) is 23.2 Å². The topological polar surface area (TPSA) is 186 Å². The Morgan fingerprint density at radius 1 is 1.06 bits per heavy atom. The molecule has 12 heteroatoms. The number of hydrogen-bond acceptors (Lipinski definition) is 11. The van der Waals surface area contributed by atoms with Crippen molar-refractivity contribution in [3.8, 4) is 5.75 Å². The number of fused-ring (bicyclic) bond motifs is 6. The maximum absolute atomic E-state index is 12.4. The number of aryl methyl sites for hydroxylation is 1. The monoisotopic (exact) mass is 677 g/mol. The van der Waals surface area contributed by atoms with E-state index in [2.05, 4.69) is 27.9 Å². The number of phenolic OH excluding ortho intramolecular Hbond substituents is 1. The van der Waals surface area contributed by atoms with Crippen molar-refractivity contribution in [1.29, 1.82) is 0 Å². The van der Waals surface area contributed by atoms with Crippen molar-refractivity contribution in [2.75, 3.05) is 12.3 Å². The number of benzene rings is 1. The smallest absolute Gasteiger partial charge is 0.305 e. The molecule has 10 atom stereocenters. The fourth-order valence-corrected chi connectivity index (χ4v) is 9.78. The number of aromatic hydroxyl groups is 1. The van der Waals surface area contributed by atoms with Gasteiger partial charge in [0.15, 0.2) is 17.7 Å². The first-order valence-corrected chi connectivity index (χ1v) is 18.3. The van der Waals surface area contributed by atoms with E-state index in [1.807, 2.05) is 12.1 Å². The molecule has 2 saturated carbocycles. The standard InChI is InChI=1S/C37H51N5O7/c1-37-15-14-25-24-13-11-23(43)16-21(24)10-12-26(25)27(37)17-22(33(37)47)8-6-4-2-3-5-7-9-29(44)48-18-28-31(45)32(46)36(49-28)42-20-41-30-34(38)39-19-40-35(30)42/h11,13,16,19-20,22,25-28,31-33,36,43,45-47H,2-10,12,14-15,17-18H2,1H3,(H2,38,39,40)/t22-,25+,26+,27-,28+,31+,32+,33-,36+,37-/m0/s1. The van der Waals surface area contributed by atoms with Crippen molar-refractivity contribution in [1.82, 2.24) is 19.5 Å². The molecule has 3 fully saturated rings. The number of unbranched alkanes of at least 4 members (excludes halogenated alkanes) is 5. The Bertz CT molecular complexity index is 1630. The first kappa shape index (κ1) is 34.1. The quantitative estimate of drug-likeness (QED) is 0.134. The lowest BCUT2D eigenvalue weighted by Gasteiger charge is -2.50. The van der Waals surface area contributed by atoms with Crippen LogP contribution in [0.5, 0.6) is 5.75 Å². The van der Waals surface area contributed by atoms with Gasteiger partial charge in [-0.3, -0.25) is 9.36 Å². The summed E-state index contributed by atoms with van der Waals surface area (Å²) in [7, 11) is 0. The normalized spacial score (nSPS) is 33.7. The molecule has 3 heterocycles. The molecule has 49 heavy (non-hydrogen) atoms. The second kappa shape index (κ2) is 14.1. The number of ether oxygens (including phenoxy) is 2. The summed E-state index contributed by atoms with van der Waals surface area (Å²) in [6.07, 6.45) is 11.1. The van der Waals surface area contributed by atoms with Crippen molar-refractivity contribution in [3.05, 3.63) is 42.0 Å². The second-order valence-electron chi connectivity index (χ2n) is 15.3. The summed E-state index contributed by atoms with van der Waals surface area (Å²) in [5.41, 5.74) is 9.35. The minimum Gasteiger partial charge on any atom is -0.508 e. The molecule has 0 bridgehead atoms. The number of esters is 1. The molecule has 6 N–H and O–H groups in total. The molecule has 0 unspecified atom stereocenters. The number of hydrogen-bond donors (Lipinski definition) is 5. The molecule has 0 radical (unpaired) electrons. The van der Waals surface area contributed by atoms with Gasteiger partial charge in [0.05, 0.1) is 12.4 Å². The molecule has 2 aromatic heterocycles. The SMILES string of the molecule is C[C@]12CC[C@@H]3c4ccc(O)cc4CC[C@H]3[C@@H]1C[C@H](CCCCCCCCC(=O)OC[C@H]1O[C@@H](n3cnc4c(N)ncnc43)[C@H](O)[C@@H]1O)[C@@H]2O. The lowest BCUT2D eigenvalue weighted by Crippen LogP contribution is -2.44. The number of phenols is 1. The molecule has 7 rings (SSSR count). The zero-order valence-electron chi connectivity index (χ0n) is 28.4. The fraction of sp³-hybridized carbons (Fsp3) is 0.676. The third-order valence-corrected chi connectivity index (χ3v) is 12.4. The van der Waals surface area contributed by atoms with Crippen LogP contribution in [0.1, 0.15) is 107 Å². The summed E-state index contributed by atoms with van der Waals surface area (Å²) in [5.74, 6) is 2.33. The molecule has 3 aliphatic carbocycles. The summed E-state index contributed by atoms with van der Waals surface area (Å²) in [6, 6.07) is 5.94. The maximum Gasteiger partial charge on any atom is 0.305 e. The Hall–Kier alpha value is -3.32. The van der Waals surface area contributed by atoms with E-state index in [-0.39, 0.29) is 29.9 Å². The first-order chi connectivity index (χ1) is 23.7. The lowest BCUT2D eigenvalue weighted by molar-refractivity contribution is -0.150. The van der Waals surface area contributed by atoms with Gasteiger partial charge in [0.1, 0.15) is 42.5 Å². The molecule has 0 amide bonds. The molecule has 12 nitrogen and oxygen atoms in total. The Balaban J connectivity index is 0.783. The number of aliphatic hydroxyl groups excluding tert-OH is 3. The highest BCUT2D eigenvalue weighted by atomic mass is 16.6. The first-order valence-electron chi connectivity index (χ1n) is 18.3. The van der Waals surface area contributed by atoms with Crippen molar-refractivity contribution < 1.29 is 34.7 Å². The number of nitrogen functional groups attached to an aromatic ring is 1. The highest BCUT2D eigenvalue weighted by molar-refractivity contribution is 5.81. The van der Waals surface area contributed by atoms with Gasteiger partial charge in [-0.2, -0.15) is 0 Å². The van der Waals surface area contributed by atoms with Crippen LogP contribution in [0.4, 0.5) is 5.82 Å². The van der Waals surface area contributed by atoms with Gasteiger partial charge in [-0.15, -0.1) is 0 Å². The Labute approximate surface area is 287 Å². The Morgan fingerprint density at radius 2 is 1.86 bits per heavy atom. The fourth-order valence-electron chi connectivity index (χ4n) is 9.78. The summed E-state index contributed by atoms with van der Waals surface area (Å²) in [6.45, 7) is 2.18. The number of rotatable bonds is 12. The van der Waals surface area contributed by atoms with Crippen molar-refractivity contribution in [2.45, 2.75) is 127 Å². The molecular formula is C37H51N5O7. The van der Waals surface area contributed by atoms with E-state index in [0.29, 0.717) is 47.0 Å². The van der Waals surface area contributed by atoms with Gasteiger partial charge in [0, 0.05) is 6.42 Å².